The zero-order valence-corrected chi connectivity index (χ0v) is 10.1. The van der Waals surface area contributed by atoms with E-state index < -0.39 is 0 Å². The Morgan fingerprint density at radius 1 is 1.28 bits per heavy atom. The van der Waals surface area contributed by atoms with Crippen molar-refractivity contribution < 1.29 is 9.66 Å². The quantitative estimate of drug-likeness (QED) is 0.603. The van der Waals surface area contributed by atoms with Crippen LogP contribution in [-0.4, -0.2) is 42.7 Å². The topological polar surface area (TPSA) is 55.6 Å². The highest BCUT2D eigenvalue weighted by atomic mass is 16.6. The molecule has 0 atom stereocenters. The molecular weight excluding hydrogens is 232 g/mol. The van der Waals surface area contributed by atoms with E-state index in [1.807, 2.05) is 6.08 Å². The minimum atomic E-state index is -0.388. The van der Waals surface area contributed by atoms with Gasteiger partial charge in [0, 0.05) is 31.8 Å². The molecule has 0 aromatic heterocycles. The van der Waals surface area contributed by atoms with E-state index in [0.717, 1.165) is 38.4 Å². The fourth-order valence-corrected chi connectivity index (χ4v) is 1.83. The predicted molar refractivity (Wildman–Crippen MR) is 69.4 cm³/mol. The first kappa shape index (κ1) is 12.7. The van der Waals surface area contributed by atoms with E-state index in [0.29, 0.717) is 0 Å². The van der Waals surface area contributed by atoms with Crippen LogP contribution in [0.5, 0.6) is 0 Å². The van der Waals surface area contributed by atoms with E-state index >= 15 is 0 Å². The molecule has 5 nitrogen and oxygen atoms in total. The minimum Gasteiger partial charge on any atom is -0.379 e. The van der Waals surface area contributed by atoms with Gasteiger partial charge in [-0.15, -0.1) is 0 Å². The molecule has 0 radical (unpaired) electrons. The van der Waals surface area contributed by atoms with E-state index in [4.69, 9.17) is 4.74 Å². The Bertz CT molecular complexity index is 422. The molecule has 18 heavy (non-hydrogen) atoms. The molecule has 96 valence electrons. The summed E-state index contributed by atoms with van der Waals surface area (Å²) in [6, 6.07) is 6.56. The Morgan fingerprint density at radius 2 is 1.94 bits per heavy atom. The maximum Gasteiger partial charge on any atom is 0.269 e. The maximum atomic E-state index is 10.5. The fourth-order valence-electron chi connectivity index (χ4n) is 1.83. The van der Waals surface area contributed by atoms with Gasteiger partial charge in [0.25, 0.3) is 5.69 Å². The van der Waals surface area contributed by atoms with Crippen LogP contribution in [0.15, 0.2) is 30.3 Å². The van der Waals surface area contributed by atoms with E-state index in [1.54, 1.807) is 12.1 Å². The smallest absolute Gasteiger partial charge is 0.269 e. The molecule has 0 amide bonds. The molecule has 1 heterocycles. The summed E-state index contributed by atoms with van der Waals surface area (Å²) in [5.41, 5.74) is 1.11. The van der Waals surface area contributed by atoms with E-state index in [1.165, 1.54) is 12.1 Å². The molecule has 1 saturated heterocycles. The van der Waals surface area contributed by atoms with Crippen LogP contribution in [0.1, 0.15) is 5.56 Å². The third kappa shape index (κ3) is 3.65. The number of nitrogens with zero attached hydrogens (tertiary/aromatic N) is 2. The minimum absolute atomic E-state index is 0.125. The van der Waals surface area contributed by atoms with Crippen molar-refractivity contribution in [1.29, 1.82) is 0 Å². The molecule has 1 fully saturated rings. The van der Waals surface area contributed by atoms with Gasteiger partial charge in [-0.1, -0.05) is 12.2 Å². The molecule has 1 aliphatic heterocycles. The van der Waals surface area contributed by atoms with Crippen LogP contribution < -0.4 is 0 Å². The lowest BCUT2D eigenvalue weighted by atomic mass is 10.2. The number of hydrogen-bond donors (Lipinski definition) is 0. The largest absolute Gasteiger partial charge is 0.379 e. The molecule has 5 heteroatoms. The van der Waals surface area contributed by atoms with Gasteiger partial charge >= 0.3 is 0 Å². The number of nitro groups is 1. The molecule has 1 aliphatic rings. The fraction of sp³-hybridized carbons (Fsp3) is 0.385. The molecule has 0 saturated carbocycles. The van der Waals surface area contributed by atoms with E-state index in [9.17, 15) is 10.1 Å². The van der Waals surface area contributed by atoms with Crippen molar-refractivity contribution in [3.8, 4) is 0 Å². The van der Waals surface area contributed by atoms with Gasteiger partial charge in [-0.2, -0.15) is 0 Å². The Hall–Kier alpha value is -1.72. The van der Waals surface area contributed by atoms with Crippen molar-refractivity contribution in [3.05, 3.63) is 46.0 Å². The number of morpholine rings is 1. The van der Waals surface area contributed by atoms with Crippen LogP contribution in [0.4, 0.5) is 5.69 Å². The molecule has 2 rings (SSSR count). The van der Waals surface area contributed by atoms with Crippen molar-refractivity contribution in [3.63, 3.8) is 0 Å². The molecule has 0 N–H and O–H groups in total. The first-order valence-electron chi connectivity index (χ1n) is 5.97. The second-order valence-electron chi connectivity index (χ2n) is 4.16. The molecule has 1 aromatic rings. The van der Waals surface area contributed by atoms with Gasteiger partial charge in [0.15, 0.2) is 0 Å². The molecular formula is C13H16N2O3. The average Bonchev–Trinajstić information content (AvgIpc) is 2.40. The summed E-state index contributed by atoms with van der Waals surface area (Å²) in [4.78, 5) is 12.4. The number of ether oxygens (including phenoxy) is 1. The first-order valence-corrected chi connectivity index (χ1v) is 5.97. The summed E-state index contributed by atoms with van der Waals surface area (Å²) in [5.74, 6) is 0. The Balaban J connectivity index is 1.86. The average molecular weight is 248 g/mol. The van der Waals surface area contributed by atoms with Crippen LogP contribution in [0, 0.1) is 10.1 Å². The molecule has 0 unspecified atom stereocenters. The molecule has 0 spiro atoms. The van der Waals surface area contributed by atoms with Crippen LogP contribution in [-0.2, 0) is 4.74 Å². The number of hydrogen-bond acceptors (Lipinski definition) is 4. The van der Waals surface area contributed by atoms with Crippen LogP contribution in [0.3, 0.4) is 0 Å². The maximum absolute atomic E-state index is 10.5. The number of nitro benzene ring substituents is 1. The molecule has 1 aromatic carbocycles. The first-order chi connectivity index (χ1) is 8.75. The van der Waals surface area contributed by atoms with Crippen LogP contribution >= 0.6 is 0 Å². The second kappa shape index (κ2) is 6.28. The van der Waals surface area contributed by atoms with Gasteiger partial charge in [0.05, 0.1) is 18.1 Å². The zero-order chi connectivity index (χ0) is 12.8. The van der Waals surface area contributed by atoms with Crippen molar-refractivity contribution in [1.82, 2.24) is 4.90 Å². The monoisotopic (exact) mass is 248 g/mol. The van der Waals surface area contributed by atoms with Gasteiger partial charge < -0.3 is 4.74 Å². The number of rotatable bonds is 4. The number of non-ortho nitro benzene ring substituents is 1. The predicted octanol–water partition coefficient (Wildman–Crippen LogP) is 1.94. The molecule has 0 bridgehead atoms. The molecule has 0 aliphatic carbocycles. The zero-order valence-electron chi connectivity index (χ0n) is 10.1. The highest BCUT2D eigenvalue weighted by molar-refractivity contribution is 5.51. The Kier molecular flexibility index (Phi) is 4.44. The summed E-state index contributed by atoms with van der Waals surface area (Å²) >= 11 is 0. The van der Waals surface area contributed by atoms with E-state index in [2.05, 4.69) is 11.0 Å². The van der Waals surface area contributed by atoms with Crippen molar-refractivity contribution in [2.45, 2.75) is 0 Å². The van der Waals surface area contributed by atoms with Gasteiger partial charge in [-0.3, -0.25) is 15.0 Å². The third-order valence-corrected chi connectivity index (χ3v) is 2.88. The van der Waals surface area contributed by atoms with Gasteiger partial charge in [0.2, 0.25) is 0 Å². The van der Waals surface area contributed by atoms with Gasteiger partial charge in [0.1, 0.15) is 0 Å². The Morgan fingerprint density at radius 3 is 2.56 bits per heavy atom. The lowest BCUT2D eigenvalue weighted by Crippen LogP contribution is -2.36. The van der Waals surface area contributed by atoms with Crippen molar-refractivity contribution in [2.24, 2.45) is 0 Å². The van der Waals surface area contributed by atoms with Crippen molar-refractivity contribution in [2.75, 3.05) is 32.8 Å². The lowest BCUT2D eigenvalue weighted by Gasteiger charge is -2.25. The lowest BCUT2D eigenvalue weighted by molar-refractivity contribution is -0.384. The second-order valence-corrected chi connectivity index (χ2v) is 4.16. The summed E-state index contributed by atoms with van der Waals surface area (Å²) in [6.45, 7) is 4.41. The van der Waals surface area contributed by atoms with E-state index in [-0.39, 0.29) is 10.6 Å². The Labute approximate surface area is 106 Å². The van der Waals surface area contributed by atoms with Crippen LogP contribution in [0.2, 0.25) is 0 Å². The normalized spacial score (nSPS) is 17.1. The highest BCUT2D eigenvalue weighted by Gasteiger charge is 2.07. The number of benzene rings is 1. The summed E-state index contributed by atoms with van der Waals surface area (Å²) in [5, 5.41) is 10.5. The highest BCUT2D eigenvalue weighted by Crippen LogP contribution is 2.12. The third-order valence-electron chi connectivity index (χ3n) is 2.88. The SMILES string of the molecule is O=[N+]([O-])c1ccc(C=CCN2CCOCC2)cc1. The van der Waals surface area contributed by atoms with Gasteiger partial charge in [-0.25, -0.2) is 0 Å². The van der Waals surface area contributed by atoms with Crippen LogP contribution in [0.25, 0.3) is 6.08 Å². The standard InChI is InChI=1S/C13H16N2O3/c16-15(17)13-5-3-12(4-6-13)2-1-7-14-8-10-18-11-9-14/h1-6H,7-11H2. The van der Waals surface area contributed by atoms with Crippen molar-refractivity contribution >= 4 is 11.8 Å². The van der Waals surface area contributed by atoms with Gasteiger partial charge in [-0.05, 0) is 17.7 Å². The summed E-state index contributed by atoms with van der Waals surface area (Å²) < 4.78 is 5.27. The summed E-state index contributed by atoms with van der Waals surface area (Å²) in [6.07, 6.45) is 4.06. The summed E-state index contributed by atoms with van der Waals surface area (Å²) in [7, 11) is 0.